The van der Waals surface area contributed by atoms with Crippen LogP contribution in [-0.4, -0.2) is 23.9 Å². The zero-order valence-corrected chi connectivity index (χ0v) is 13.6. The summed E-state index contributed by atoms with van der Waals surface area (Å²) in [6.45, 7) is 0.0336. The number of carbonyl (C=O) groups is 1. The summed E-state index contributed by atoms with van der Waals surface area (Å²) in [5.41, 5.74) is 0. The van der Waals surface area contributed by atoms with Gasteiger partial charge in [-0.3, -0.25) is 4.79 Å². The molecule has 2 atom stereocenters. The molecule has 1 aromatic rings. The van der Waals surface area contributed by atoms with Crippen LogP contribution in [0.2, 0.25) is 5.02 Å². The zero-order valence-electron chi connectivity index (χ0n) is 11.3. The molecule has 0 spiro atoms. The van der Waals surface area contributed by atoms with E-state index in [9.17, 15) is 4.79 Å². The Labute approximate surface area is 133 Å². The number of alkyl halides is 1. The van der Waals surface area contributed by atoms with Crippen molar-refractivity contribution in [1.29, 1.82) is 0 Å². The molecule has 2 rings (SSSR count). The summed E-state index contributed by atoms with van der Waals surface area (Å²) in [6.07, 6.45) is 4.66. The van der Waals surface area contributed by atoms with Crippen molar-refractivity contribution in [2.24, 2.45) is 5.92 Å². The van der Waals surface area contributed by atoms with E-state index >= 15 is 0 Å². The van der Waals surface area contributed by atoms with E-state index in [1.165, 1.54) is 19.3 Å². The van der Waals surface area contributed by atoms with Gasteiger partial charge < -0.3 is 10.1 Å². The molecule has 2 unspecified atom stereocenters. The third kappa shape index (κ3) is 4.67. The highest BCUT2D eigenvalue weighted by molar-refractivity contribution is 9.09. The minimum Gasteiger partial charge on any atom is -0.484 e. The molecule has 110 valence electrons. The van der Waals surface area contributed by atoms with E-state index in [1.807, 2.05) is 0 Å². The lowest BCUT2D eigenvalue weighted by Gasteiger charge is -2.30. The lowest BCUT2D eigenvalue weighted by atomic mass is 9.86. The van der Waals surface area contributed by atoms with Crippen LogP contribution in [0.5, 0.6) is 5.75 Å². The van der Waals surface area contributed by atoms with Gasteiger partial charge in [0.2, 0.25) is 0 Å². The van der Waals surface area contributed by atoms with Gasteiger partial charge in [-0.2, -0.15) is 0 Å². The number of halogens is 2. The van der Waals surface area contributed by atoms with Crippen LogP contribution in [0.4, 0.5) is 0 Å². The maximum atomic E-state index is 11.9. The Morgan fingerprint density at radius 1 is 1.40 bits per heavy atom. The van der Waals surface area contributed by atoms with Crippen molar-refractivity contribution in [2.45, 2.75) is 31.7 Å². The fourth-order valence-corrected chi connectivity index (χ4v) is 3.49. The van der Waals surface area contributed by atoms with Crippen molar-refractivity contribution in [3.63, 3.8) is 0 Å². The van der Waals surface area contributed by atoms with Crippen LogP contribution < -0.4 is 10.1 Å². The van der Waals surface area contributed by atoms with Crippen LogP contribution >= 0.6 is 27.5 Å². The Morgan fingerprint density at radius 3 is 2.95 bits per heavy atom. The topological polar surface area (TPSA) is 38.3 Å². The predicted molar refractivity (Wildman–Crippen MR) is 84.6 cm³/mol. The Bertz CT molecular complexity index is 455. The zero-order chi connectivity index (χ0) is 14.4. The molecule has 5 heteroatoms. The smallest absolute Gasteiger partial charge is 0.258 e. The van der Waals surface area contributed by atoms with Crippen molar-refractivity contribution in [1.82, 2.24) is 5.32 Å². The number of amides is 1. The van der Waals surface area contributed by atoms with Gasteiger partial charge in [-0.25, -0.2) is 0 Å². The molecule has 1 amide bonds. The molecule has 0 aliphatic heterocycles. The first kappa shape index (κ1) is 15.6. The minimum atomic E-state index is -0.0668. The van der Waals surface area contributed by atoms with Gasteiger partial charge in [-0.1, -0.05) is 46.4 Å². The normalized spacial score (nSPS) is 22.3. The number of nitrogens with one attached hydrogen (secondary N) is 1. The highest BCUT2D eigenvalue weighted by Crippen LogP contribution is 2.25. The molecule has 1 aromatic carbocycles. The maximum Gasteiger partial charge on any atom is 0.258 e. The van der Waals surface area contributed by atoms with E-state index in [-0.39, 0.29) is 18.6 Å². The Hall–Kier alpha value is -0.740. The highest BCUT2D eigenvalue weighted by Gasteiger charge is 2.25. The van der Waals surface area contributed by atoms with Gasteiger partial charge in [0.25, 0.3) is 5.91 Å². The van der Waals surface area contributed by atoms with Gasteiger partial charge in [-0.05, 0) is 37.0 Å². The predicted octanol–water partition coefficient (Wildman–Crippen LogP) is 3.79. The Morgan fingerprint density at radius 2 is 2.20 bits per heavy atom. The number of carbonyl (C=O) groups excluding carboxylic acids is 1. The van der Waals surface area contributed by atoms with Gasteiger partial charge in [-0.15, -0.1) is 0 Å². The van der Waals surface area contributed by atoms with E-state index in [0.717, 1.165) is 11.8 Å². The quantitative estimate of drug-likeness (QED) is 0.811. The fourth-order valence-electron chi connectivity index (χ4n) is 2.54. The third-order valence-corrected chi connectivity index (χ3v) is 4.69. The summed E-state index contributed by atoms with van der Waals surface area (Å²) in [5, 5.41) is 4.62. The van der Waals surface area contributed by atoms with Crippen molar-refractivity contribution < 1.29 is 9.53 Å². The monoisotopic (exact) mass is 359 g/mol. The van der Waals surface area contributed by atoms with Crippen molar-refractivity contribution in [3.8, 4) is 5.75 Å². The Balaban J connectivity index is 1.80. The summed E-state index contributed by atoms with van der Waals surface area (Å²) in [7, 11) is 0. The summed E-state index contributed by atoms with van der Waals surface area (Å²) in [4.78, 5) is 11.9. The maximum absolute atomic E-state index is 11.9. The summed E-state index contributed by atoms with van der Waals surface area (Å²) < 4.78 is 5.45. The molecule has 0 bridgehead atoms. The lowest BCUT2D eigenvalue weighted by molar-refractivity contribution is -0.124. The molecule has 0 radical (unpaired) electrons. The summed E-state index contributed by atoms with van der Waals surface area (Å²) >= 11 is 9.40. The average molecular weight is 361 g/mol. The third-order valence-electron chi connectivity index (χ3n) is 3.62. The van der Waals surface area contributed by atoms with Crippen molar-refractivity contribution in [3.05, 3.63) is 29.3 Å². The molecular weight excluding hydrogens is 342 g/mol. The molecule has 1 aliphatic carbocycles. The first-order chi connectivity index (χ1) is 9.69. The van der Waals surface area contributed by atoms with Gasteiger partial charge in [0.15, 0.2) is 6.61 Å². The molecule has 0 aromatic heterocycles. The first-order valence-electron chi connectivity index (χ1n) is 6.92. The van der Waals surface area contributed by atoms with Gasteiger partial charge in [0.05, 0.1) is 0 Å². The Kier molecular flexibility index (Phi) is 6.17. The lowest BCUT2D eigenvalue weighted by Crippen LogP contribution is -2.44. The van der Waals surface area contributed by atoms with Crippen LogP contribution in [0.15, 0.2) is 24.3 Å². The second kappa shape index (κ2) is 7.89. The molecule has 1 N–H and O–H groups in total. The molecule has 1 aliphatic rings. The van der Waals surface area contributed by atoms with E-state index in [1.54, 1.807) is 24.3 Å². The summed E-state index contributed by atoms with van der Waals surface area (Å²) in [5.74, 6) is 1.08. The fraction of sp³-hybridized carbons (Fsp3) is 0.533. The number of benzene rings is 1. The molecular formula is C15H19BrClNO2. The molecule has 0 heterocycles. The van der Waals surface area contributed by atoms with E-state index in [2.05, 4.69) is 21.2 Å². The van der Waals surface area contributed by atoms with Crippen molar-refractivity contribution in [2.75, 3.05) is 11.9 Å². The largest absolute Gasteiger partial charge is 0.484 e. The summed E-state index contributed by atoms with van der Waals surface area (Å²) in [6, 6.07) is 7.34. The van der Waals surface area contributed by atoms with Crippen LogP contribution in [0.1, 0.15) is 25.7 Å². The minimum absolute atomic E-state index is 0.0336. The molecule has 1 fully saturated rings. The molecule has 1 saturated carbocycles. The average Bonchev–Trinajstić information content (AvgIpc) is 2.46. The SMILES string of the molecule is O=C(COc1cccc(Cl)c1)NC1CCCCC1CBr. The second-order valence-electron chi connectivity index (χ2n) is 5.12. The first-order valence-corrected chi connectivity index (χ1v) is 8.42. The number of hydrogen-bond acceptors (Lipinski definition) is 2. The highest BCUT2D eigenvalue weighted by atomic mass is 79.9. The second-order valence-corrected chi connectivity index (χ2v) is 6.20. The van der Waals surface area contributed by atoms with Crippen LogP contribution in [0.3, 0.4) is 0 Å². The van der Waals surface area contributed by atoms with Gasteiger partial charge in [0, 0.05) is 16.4 Å². The van der Waals surface area contributed by atoms with E-state index in [4.69, 9.17) is 16.3 Å². The van der Waals surface area contributed by atoms with Crippen LogP contribution in [0.25, 0.3) is 0 Å². The van der Waals surface area contributed by atoms with Gasteiger partial charge >= 0.3 is 0 Å². The molecule has 3 nitrogen and oxygen atoms in total. The van der Waals surface area contributed by atoms with Crippen LogP contribution in [0, 0.1) is 5.92 Å². The standard InChI is InChI=1S/C15H19BrClNO2/c16-9-11-4-1-2-7-14(11)18-15(19)10-20-13-6-3-5-12(17)8-13/h3,5-6,8,11,14H,1-2,4,7,9-10H2,(H,18,19). The van der Waals surface area contributed by atoms with Gasteiger partial charge in [0.1, 0.15) is 5.75 Å². The van der Waals surface area contributed by atoms with Crippen molar-refractivity contribution >= 4 is 33.4 Å². The molecule has 20 heavy (non-hydrogen) atoms. The van der Waals surface area contributed by atoms with E-state index in [0.29, 0.717) is 16.7 Å². The number of hydrogen-bond donors (Lipinski definition) is 1. The van der Waals surface area contributed by atoms with E-state index < -0.39 is 0 Å². The number of ether oxygens (including phenoxy) is 1. The van der Waals surface area contributed by atoms with Crippen LogP contribution in [-0.2, 0) is 4.79 Å². The molecule has 0 saturated heterocycles. The number of rotatable bonds is 5.